The Kier molecular flexibility index (Phi) is 4.37. The van der Waals surface area contributed by atoms with Crippen molar-refractivity contribution in [2.45, 2.75) is 25.9 Å². The van der Waals surface area contributed by atoms with Crippen LogP contribution in [-0.4, -0.2) is 30.6 Å². The fourth-order valence-electron chi connectivity index (χ4n) is 2.19. The third-order valence-electron chi connectivity index (χ3n) is 3.64. The normalized spacial score (nSPS) is 20.3. The Bertz CT molecular complexity index is 386. The van der Waals surface area contributed by atoms with Crippen molar-refractivity contribution in [3.63, 3.8) is 0 Å². The van der Waals surface area contributed by atoms with E-state index in [1.54, 1.807) is 11.3 Å². The summed E-state index contributed by atoms with van der Waals surface area (Å²) in [5.74, 6) is 0.0540. The van der Waals surface area contributed by atoms with Crippen LogP contribution >= 0.6 is 11.3 Å². The van der Waals surface area contributed by atoms with Crippen LogP contribution < -0.4 is 10.6 Å². The summed E-state index contributed by atoms with van der Waals surface area (Å²) >= 11 is 1.55. The zero-order chi connectivity index (χ0) is 13.0. The van der Waals surface area contributed by atoms with Crippen molar-refractivity contribution < 1.29 is 9.90 Å². The topological polar surface area (TPSA) is 61.4 Å². The zero-order valence-corrected chi connectivity index (χ0v) is 11.4. The molecule has 18 heavy (non-hydrogen) atoms. The van der Waals surface area contributed by atoms with Crippen LogP contribution in [0.1, 0.15) is 31.4 Å². The average molecular weight is 268 g/mol. The molecule has 0 aromatic carbocycles. The summed E-state index contributed by atoms with van der Waals surface area (Å²) in [5, 5.41) is 19.9. The van der Waals surface area contributed by atoms with Crippen molar-refractivity contribution in [3.8, 4) is 0 Å². The van der Waals surface area contributed by atoms with Crippen LogP contribution in [0.15, 0.2) is 16.8 Å². The maximum Gasteiger partial charge on any atom is 0.226 e. The first-order valence-corrected chi connectivity index (χ1v) is 7.25. The molecule has 1 atom stereocenters. The van der Waals surface area contributed by atoms with Crippen molar-refractivity contribution in [2.75, 3.05) is 19.6 Å². The Morgan fingerprint density at radius 1 is 1.61 bits per heavy atom. The van der Waals surface area contributed by atoms with Crippen LogP contribution in [0, 0.1) is 5.41 Å². The van der Waals surface area contributed by atoms with Gasteiger partial charge in [-0.25, -0.2) is 0 Å². The molecular weight excluding hydrogens is 248 g/mol. The molecule has 1 amide bonds. The van der Waals surface area contributed by atoms with Gasteiger partial charge >= 0.3 is 0 Å². The molecular formula is C13H20N2O2S. The van der Waals surface area contributed by atoms with Gasteiger partial charge in [0.25, 0.3) is 0 Å². The molecule has 3 N–H and O–H groups in total. The minimum Gasteiger partial charge on any atom is -0.387 e. The SMILES string of the molecule is CC1(C(=O)NCC(O)c2ccsc2)CCNCC1. The summed E-state index contributed by atoms with van der Waals surface area (Å²) in [6, 6.07) is 1.88. The van der Waals surface area contributed by atoms with Gasteiger partial charge in [-0.1, -0.05) is 6.92 Å². The molecule has 100 valence electrons. The number of hydrogen-bond acceptors (Lipinski definition) is 4. The number of amides is 1. The van der Waals surface area contributed by atoms with E-state index in [9.17, 15) is 9.90 Å². The number of nitrogens with one attached hydrogen (secondary N) is 2. The largest absolute Gasteiger partial charge is 0.387 e. The van der Waals surface area contributed by atoms with E-state index in [1.165, 1.54) is 0 Å². The van der Waals surface area contributed by atoms with E-state index in [2.05, 4.69) is 10.6 Å². The second-order valence-electron chi connectivity index (χ2n) is 5.09. The lowest BCUT2D eigenvalue weighted by Crippen LogP contribution is -2.46. The summed E-state index contributed by atoms with van der Waals surface area (Å²) in [6.07, 6.45) is 1.10. The lowest BCUT2D eigenvalue weighted by Gasteiger charge is -2.32. The van der Waals surface area contributed by atoms with Crippen LogP contribution in [0.3, 0.4) is 0 Å². The van der Waals surface area contributed by atoms with Crippen LogP contribution in [0.5, 0.6) is 0 Å². The Balaban J connectivity index is 1.84. The van der Waals surface area contributed by atoms with Gasteiger partial charge in [0, 0.05) is 12.0 Å². The molecule has 1 aliphatic rings. The number of aliphatic hydroxyl groups is 1. The van der Waals surface area contributed by atoms with E-state index in [0.717, 1.165) is 31.5 Å². The molecule has 1 aromatic heterocycles. The van der Waals surface area contributed by atoms with Crippen molar-refractivity contribution in [1.82, 2.24) is 10.6 Å². The standard InChI is InChI=1S/C13H20N2O2S/c1-13(3-5-14-6-4-13)12(17)15-8-11(16)10-2-7-18-9-10/h2,7,9,11,14,16H,3-6,8H2,1H3,(H,15,17). The third kappa shape index (κ3) is 3.10. The van der Waals surface area contributed by atoms with Gasteiger partial charge < -0.3 is 15.7 Å². The molecule has 1 aliphatic heterocycles. The lowest BCUT2D eigenvalue weighted by molar-refractivity contribution is -0.132. The summed E-state index contributed by atoms with van der Waals surface area (Å²) in [4.78, 5) is 12.1. The van der Waals surface area contributed by atoms with E-state index >= 15 is 0 Å². The molecule has 0 saturated carbocycles. The number of carbonyl (C=O) groups is 1. The molecule has 4 nitrogen and oxygen atoms in total. The highest BCUT2D eigenvalue weighted by molar-refractivity contribution is 7.07. The van der Waals surface area contributed by atoms with Gasteiger partial charge in [-0.2, -0.15) is 11.3 Å². The average Bonchev–Trinajstić information content (AvgIpc) is 2.90. The molecule has 0 radical (unpaired) electrons. The molecule has 1 saturated heterocycles. The number of thiophene rings is 1. The fourth-order valence-corrected chi connectivity index (χ4v) is 2.90. The minimum absolute atomic E-state index is 0.0540. The first kappa shape index (κ1) is 13.5. The number of piperidine rings is 1. The molecule has 1 fully saturated rings. The number of aliphatic hydroxyl groups excluding tert-OH is 1. The van der Waals surface area contributed by atoms with Gasteiger partial charge in [0.2, 0.25) is 5.91 Å². The highest BCUT2D eigenvalue weighted by Crippen LogP contribution is 2.28. The van der Waals surface area contributed by atoms with Crippen LogP contribution in [0.25, 0.3) is 0 Å². The van der Waals surface area contributed by atoms with E-state index in [-0.39, 0.29) is 11.3 Å². The maximum absolute atomic E-state index is 12.1. The van der Waals surface area contributed by atoms with Crippen LogP contribution in [0.2, 0.25) is 0 Å². The lowest BCUT2D eigenvalue weighted by atomic mass is 9.80. The van der Waals surface area contributed by atoms with Crippen LogP contribution in [0.4, 0.5) is 0 Å². The first-order valence-electron chi connectivity index (χ1n) is 6.31. The first-order chi connectivity index (χ1) is 8.62. The number of hydrogen-bond donors (Lipinski definition) is 3. The molecule has 5 heteroatoms. The second kappa shape index (κ2) is 5.82. The van der Waals surface area contributed by atoms with E-state index in [0.29, 0.717) is 6.54 Å². The smallest absolute Gasteiger partial charge is 0.226 e. The molecule has 0 spiro atoms. The Hall–Kier alpha value is -0.910. The van der Waals surface area contributed by atoms with Gasteiger partial charge in [-0.15, -0.1) is 0 Å². The molecule has 1 unspecified atom stereocenters. The number of rotatable bonds is 4. The van der Waals surface area contributed by atoms with E-state index in [1.807, 2.05) is 23.8 Å². The van der Waals surface area contributed by atoms with Gasteiger partial charge in [-0.3, -0.25) is 4.79 Å². The molecule has 0 aliphatic carbocycles. The molecule has 2 rings (SSSR count). The fraction of sp³-hybridized carbons (Fsp3) is 0.615. The van der Waals surface area contributed by atoms with Crippen molar-refractivity contribution in [2.24, 2.45) is 5.41 Å². The maximum atomic E-state index is 12.1. The van der Waals surface area contributed by atoms with E-state index in [4.69, 9.17) is 0 Å². The third-order valence-corrected chi connectivity index (χ3v) is 4.34. The monoisotopic (exact) mass is 268 g/mol. The Morgan fingerprint density at radius 2 is 2.33 bits per heavy atom. The van der Waals surface area contributed by atoms with Gasteiger partial charge in [0.1, 0.15) is 0 Å². The predicted octanol–water partition coefficient (Wildman–Crippen LogP) is 1.29. The highest BCUT2D eigenvalue weighted by Gasteiger charge is 2.34. The number of carbonyl (C=O) groups excluding carboxylic acids is 1. The van der Waals surface area contributed by atoms with Gasteiger partial charge in [-0.05, 0) is 48.3 Å². The quantitative estimate of drug-likeness (QED) is 0.771. The van der Waals surface area contributed by atoms with Gasteiger partial charge in [0.15, 0.2) is 0 Å². The molecule has 0 bridgehead atoms. The minimum atomic E-state index is -0.606. The van der Waals surface area contributed by atoms with Gasteiger partial charge in [0.05, 0.1) is 6.10 Å². The second-order valence-corrected chi connectivity index (χ2v) is 5.87. The molecule has 1 aromatic rings. The van der Waals surface area contributed by atoms with Crippen LogP contribution in [-0.2, 0) is 4.79 Å². The van der Waals surface area contributed by atoms with Crippen molar-refractivity contribution in [1.29, 1.82) is 0 Å². The predicted molar refractivity (Wildman–Crippen MR) is 72.5 cm³/mol. The Labute approximate surface area is 111 Å². The molecule has 2 heterocycles. The summed E-state index contributed by atoms with van der Waals surface area (Å²) in [7, 11) is 0. The summed E-state index contributed by atoms with van der Waals surface area (Å²) in [5.41, 5.74) is 0.579. The zero-order valence-electron chi connectivity index (χ0n) is 10.6. The van der Waals surface area contributed by atoms with Crippen molar-refractivity contribution in [3.05, 3.63) is 22.4 Å². The summed E-state index contributed by atoms with van der Waals surface area (Å²) in [6.45, 7) is 4.06. The van der Waals surface area contributed by atoms with E-state index < -0.39 is 6.10 Å². The van der Waals surface area contributed by atoms with Crippen molar-refractivity contribution >= 4 is 17.2 Å². The summed E-state index contributed by atoms with van der Waals surface area (Å²) < 4.78 is 0. The highest BCUT2D eigenvalue weighted by atomic mass is 32.1. The Morgan fingerprint density at radius 3 is 2.94 bits per heavy atom.